The zero-order valence-corrected chi connectivity index (χ0v) is 10.4. The molecular weight excluding hydrogens is 240 g/mol. The molecular formula is C13H11ClOS. The molecule has 0 aliphatic carbocycles. The van der Waals surface area contributed by atoms with Crippen LogP contribution in [0.25, 0.3) is 0 Å². The second-order valence-electron chi connectivity index (χ2n) is 3.48. The summed E-state index contributed by atoms with van der Waals surface area (Å²) in [4.78, 5) is 12.7. The highest BCUT2D eigenvalue weighted by atomic mass is 35.5. The number of aryl methyl sites for hydroxylation is 1. The molecule has 2 aromatic rings. The summed E-state index contributed by atoms with van der Waals surface area (Å²) in [6.07, 6.45) is 0.980. The van der Waals surface area contributed by atoms with E-state index in [2.05, 4.69) is 6.92 Å². The van der Waals surface area contributed by atoms with Gasteiger partial charge in [0.2, 0.25) is 5.78 Å². The Morgan fingerprint density at radius 3 is 2.44 bits per heavy atom. The van der Waals surface area contributed by atoms with Crippen LogP contribution in [-0.2, 0) is 6.42 Å². The van der Waals surface area contributed by atoms with Gasteiger partial charge in [0.05, 0.1) is 9.90 Å². The van der Waals surface area contributed by atoms with E-state index in [1.165, 1.54) is 16.9 Å². The zero-order valence-electron chi connectivity index (χ0n) is 8.87. The molecule has 1 heterocycles. The monoisotopic (exact) mass is 250 g/mol. The van der Waals surface area contributed by atoms with Crippen molar-refractivity contribution < 1.29 is 4.79 Å². The first kappa shape index (κ1) is 11.4. The van der Waals surface area contributed by atoms with Crippen molar-refractivity contribution in [3.05, 3.63) is 56.7 Å². The predicted octanol–water partition coefficient (Wildman–Crippen LogP) is 4.19. The molecule has 0 spiro atoms. The molecule has 16 heavy (non-hydrogen) atoms. The number of hydrogen-bond acceptors (Lipinski definition) is 2. The quantitative estimate of drug-likeness (QED) is 0.747. The Labute approximate surface area is 104 Å². The zero-order chi connectivity index (χ0) is 11.5. The van der Waals surface area contributed by atoms with Crippen LogP contribution in [0, 0.1) is 0 Å². The van der Waals surface area contributed by atoms with Crippen LogP contribution in [0.3, 0.4) is 0 Å². The van der Waals surface area contributed by atoms with Gasteiger partial charge < -0.3 is 0 Å². The van der Waals surface area contributed by atoms with Crippen molar-refractivity contribution in [3.8, 4) is 0 Å². The second kappa shape index (κ2) is 4.81. The third kappa shape index (κ3) is 2.18. The highest BCUT2D eigenvalue weighted by Gasteiger charge is 2.13. The molecule has 1 nitrogen and oxygen atoms in total. The van der Waals surface area contributed by atoms with E-state index in [1.807, 2.05) is 29.6 Å². The number of thiophene rings is 1. The molecule has 0 unspecified atom stereocenters. The summed E-state index contributed by atoms with van der Waals surface area (Å²) < 4.78 is 0. The van der Waals surface area contributed by atoms with Gasteiger partial charge in [0.25, 0.3) is 0 Å². The van der Waals surface area contributed by atoms with Crippen LogP contribution in [0.1, 0.15) is 27.7 Å². The third-order valence-electron chi connectivity index (χ3n) is 2.45. The first-order chi connectivity index (χ1) is 7.72. The summed E-state index contributed by atoms with van der Waals surface area (Å²) in [5.74, 6) is 0.00246. The van der Waals surface area contributed by atoms with Crippen LogP contribution in [0.5, 0.6) is 0 Å². The highest BCUT2D eigenvalue weighted by Crippen LogP contribution is 2.25. The maximum Gasteiger partial charge on any atom is 0.204 e. The lowest BCUT2D eigenvalue weighted by atomic mass is 10.1. The molecule has 0 bridgehead atoms. The minimum Gasteiger partial charge on any atom is -0.288 e. The van der Waals surface area contributed by atoms with Gasteiger partial charge in [-0.2, -0.15) is 0 Å². The summed E-state index contributed by atoms with van der Waals surface area (Å²) in [6, 6.07) is 9.43. The molecule has 1 aromatic carbocycles. The van der Waals surface area contributed by atoms with Crippen LogP contribution in [0.15, 0.2) is 35.7 Å². The number of rotatable bonds is 3. The molecule has 0 saturated heterocycles. The summed E-state index contributed by atoms with van der Waals surface area (Å²) in [5, 5.41) is 2.37. The summed E-state index contributed by atoms with van der Waals surface area (Å²) >= 11 is 7.31. The minimum atomic E-state index is 0.00246. The van der Waals surface area contributed by atoms with Crippen molar-refractivity contribution in [3.63, 3.8) is 0 Å². The van der Waals surface area contributed by atoms with E-state index in [1.54, 1.807) is 6.07 Å². The lowest BCUT2D eigenvalue weighted by molar-refractivity contribution is 0.104. The van der Waals surface area contributed by atoms with Crippen LogP contribution in [0.2, 0.25) is 5.02 Å². The van der Waals surface area contributed by atoms with E-state index in [-0.39, 0.29) is 5.78 Å². The Morgan fingerprint density at radius 1 is 1.25 bits per heavy atom. The first-order valence-electron chi connectivity index (χ1n) is 5.09. The Balaban J connectivity index is 2.31. The molecule has 1 aromatic heterocycles. The number of carbonyl (C=O) groups is 1. The SMILES string of the molecule is CCc1ccc(C(=O)c2sccc2Cl)cc1. The fourth-order valence-corrected chi connectivity index (χ4v) is 2.58. The van der Waals surface area contributed by atoms with Gasteiger partial charge in [-0.05, 0) is 23.4 Å². The van der Waals surface area contributed by atoms with Crippen molar-refractivity contribution in [1.29, 1.82) is 0 Å². The van der Waals surface area contributed by atoms with Gasteiger partial charge in [-0.1, -0.05) is 42.8 Å². The van der Waals surface area contributed by atoms with Crippen molar-refractivity contribution in [1.82, 2.24) is 0 Å². The van der Waals surface area contributed by atoms with Gasteiger partial charge in [0.15, 0.2) is 0 Å². The first-order valence-corrected chi connectivity index (χ1v) is 6.34. The van der Waals surface area contributed by atoms with E-state index in [0.717, 1.165) is 6.42 Å². The molecule has 0 N–H and O–H groups in total. The van der Waals surface area contributed by atoms with Crippen LogP contribution >= 0.6 is 22.9 Å². The summed E-state index contributed by atoms with van der Waals surface area (Å²) in [5.41, 5.74) is 1.93. The number of ketones is 1. The van der Waals surface area contributed by atoms with E-state index in [9.17, 15) is 4.79 Å². The number of halogens is 1. The minimum absolute atomic E-state index is 0.00246. The highest BCUT2D eigenvalue weighted by molar-refractivity contribution is 7.13. The van der Waals surface area contributed by atoms with Crippen molar-refractivity contribution in [2.24, 2.45) is 0 Å². The molecule has 0 atom stereocenters. The van der Waals surface area contributed by atoms with Gasteiger partial charge in [-0.15, -0.1) is 11.3 Å². The molecule has 0 radical (unpaired) electrons. The van der Waals surface area contributed by atoms with Gasteiger partial charge in [0, 0.05) is 5.56 Å². The summed E-state index contributed by atoms with van der Waals surface area (Å²) in [6.45, 7) is 2.09. The Morgan fingerprint density at radius 2 is 1.94 bits per heavy atom. The molecule has 2 rings (SSSR count). The molecule has 0 amide bonds. The number of hydrogen-bond donors (Lipinski definition) is 0. The van der Waals surface area contributed by atoms with Gasteiger partial charge in [-0.25, -0.2) is 0 Å². The second-order valence-corrected chi connectivity index (χ2v) is 4.80. The molecule has 0 aliphatic heterocycles. The lowest BCUT2D eigenvalue weighted by Gasteiger charge is -2.01. The Bertz CT molecular complexity index is 499. The smallest absolute Gasteiger partial charge is 0.204 e. The van der Waals surface area contributed by atoms with Gasteiger partial charge in [0.1, 0.15) is 0 Å². The maximum absolute atomic E-state index is 12.1. The van der Waals surface area contributed by atoms with Gasteiger partial charge >= 0.3 is 0 Å². The molecule has 3 heteroatoms. The van der Waals surface area contributed by atoms with E-state index in [4.69, 9.17) is 11.6 Å². The van der Waals surface area contributed by atoms with Crippen molar-refractivity contribution in [2.45, 2.75) is 13.3 Å². The molecule has 0 fully saturated rings. The fraction of sp³-hybridized carbons (Fsp3) is 0.154. The molecule has 0 aliphatic rings. The predicted molar refractivity (Wildman–Crippen MR) is 68.6 cm³/mol. The third-order valence-corrected chi connectivity index (χ3v) is 3.79. The fourth-order valence-electron chi connectivity index (χ4n) is 1.48. The largest absolute Gasteiger partial charge is 0.288 e. The molecule has 82 valence electrons. The van der Waals surface area contributed by atoms with Crippen molar-refractivity contribution in [2.75, 3.05) is 0 Å². The van der Waals surface area contributed by atoms with Crippen LogP contribution in [0.4, 0.5) is 0 Å². The van der Waals surface area contributed by atoms with Crippen LogP contribution in [-0.4, -0.2) is 5.78 Å². The normalized spacial score (nSPS) is 10.4. The van der Waals surface area contributed by atoms with E-state index < -0.39 is 0 Å². The maximum atomic E-state index is 12.1. The number of carbonyl (C=O) groups excluding carboxylic acids is 1. The standard InChI is InChI=1S/C13H11ClOS/c1-2-9-3-5-10(6-4-9)12(15)13-11(14)7-8-16-13/h3-8H,2H2,1H3. The topological polar surface area (TPSA) is 17.1 Å². The van der Waals surface area contributed by atoms with E-state index in [0.29, 0.717) is 15.5 Å². The van der Waals surface area contributed by atoms with E-state index >= 15 is 0 Å². The summed E-state index contributed by atoms with van der Waals surface area (Å²) in [7, 11) is 0. The molecule has 0 saturated carbocycles. The average molecular weight is 251 g/mol. The average Bonchev–Trinajstić information content (AvgIpc) is 2.75. The Hall–Kier alpha value is -1.12. The van der Waals surface area contributed by atoms with Crippen molar-refractivity contribution >= 4 is 28.7 Å². The number of benzene rings is 1. The Kier molecular flexibility index (Phi) is 3.42. The lowest BCUT2D eigenvalue weighted by Crippen LogP contribution is -1.99. The van der Waals surface area contributed by atoms with Crippen LogP contribution < -0.4 is 0 Å². The van der Waals surface area contributed by atoms with Gasteiger partial charge in [-0.3, -0.25) is 4.79 Å².